The summed E-state index contributed by atoms with van der Waals surface area (Å²) in [6.45, 7) is 1.32. The Morgan fingerprint density at radius 3 is 2.53 bits per heavy atom. The van der Waals surface area contributed by atoms with E-state index in [1.165, 1.54) is 6.92 Å². The number of aromatic nitrogens is 2. The lowest BCUT2D eigenvalue weighted by Crippen LogP contribution is -2.15. The molecule has 0 aliphatic carbocycles. The SMILES string of the molecule is Cc1nc(CC(F)(F)F)ncc1C(=O)O. The van der Waals surface area contributed by atoms with Crippen LogP contribution in [0.5, 0.6) is 0 Å². The number of nitrogens with zero attached hydrogens (tertiary/aromatic N) is 2. The summed E-state index contributed by atoms with van der Waals surface area (Å²) in [5.74, 6) is -1.68. The minimum atomic E-state index is -4.39. The van der Waals surface area contributed by atoms with Gasteiger partial charge >= 0.3 is 12.1 Å². The molecule has 4 nitrogen and oxygen atoms in total. The molecule has 0 aliphatic heterocycles. The molecule has 0 bridgehead atoms. The van der Waals surface area contributed by atoms with Gasteiger partial charge in [-0.05, 0) is 6.92 Å². The zero-order valence-corrected chi connectivity index (χ0v) is 7.67. The van der Waals surface area contributed by atoms with E-state index >= 15 is 0 Å². The maximum absolute atomic E-state index is 11.9. The van der Waals surface area contributed by atoms with Crippen LogP contribution in [0.1, 0.15) is 21.9 Å². The van der Waals surface area contributed by atoms with Crippen molar-refractivity contribution in [2.24, 2.45) is 0 Å². The van der Waals surface area contributed by atoms with E-state index in [-0.39, 0.29) is 11.3 Å². The molecule has 1 heterocycles. The second-order valence-electron chi connectivity index (χ2n) is 2.88. The van der Waals surface area contributed by atoms with E-state index in [4.69, 9.17) is 5.11 Å². The lowest BCUT2D eigenvalue weighted by Gasteiger charge is -2.06. The van der Waals surface area contributed by atoms with Crippen molar-refractivity contribution in [3.8, 4) is 0 Å². The molecule has 7 heteroatoms. The molecule has 1 N–H and O–H groups in total. The van der Waals surface area contributed by atoms with Gasteiger partial charge in [-0.3, -0.25) is 0 Å². The van der Waals surface area contributed by atoms with Crippen molar-refractivity contribution >= 4 is 5.97 Å². The molecule has 1 rings (SSSR count). The van der Waals surface area contributed by atoms with Crippen LogP contribution in [0.25, 0.3) is 0 Å². The fourth-order valence-corrected chi connectivity index (χ4v) is 0.990. The van der Waals surface area contributed by atoms with Gasteiger partial charge in [0, 0.05) is 6.20 Å². The molecule has 0 aliphatic rings. The highest BCUT2D eigenvalue weighted by atomic mass is 19.4. The molecule has 0 fully saturated rings. The standard InChI is InChI=1S/C8H7F3N2O2/c1-4-5(7(14)15)3-12-6(13-4)2-8(9,10)11/h3H,2H2,1H3,(H,14,15). The maximum atomic E-state index is 11.9. The second kappa shape index (κ2) is 3.84. The summed E-state index contributed by atoms with van der Waals surface area (Å²) in [6, 6.07) is 0. The number of aryl methyl sites for hydroxylation is 1. The van der Waals surface area contributed by atoms with Gasteiger partial charge in [-0.1, -0.05) is 0 Å². The van der Waals surface area contributed by atoms with E-state index in [2.05, 4.69) is 9.97 Å². The summed E-state index contributed by atoms with van der Waals surface area (Å²) in [5, 5.41) is 8.59. The predicted octanol–water partition coefficient (Wildman–Crippen LogP) is 1.59. The van der Waals surface area contributed by atoms with Gasteiger partial charge in [0.2, 0.25) is 0 Å². The van der Waals surface area contributed by atoms with Crippen LogP contribution >= 0.6 is 0 Å². The third-order valence-corrected chi connectivity index (χ3v) is 1.62. The lowest BCUT2D eigenvalue weighted by atomic mass is 10.2. The minimum absolute atomic E-state index is 0.0248. The lowest BCUT2D eigenvalue weighted by molar-refractivity contribution is -0.128. The first kappa shape index (κ1) is 11.4. The summed E-state index contributed by atoms with van der Waals surface area (Å²) >= 11 is 0. The Morgan fingerprint density at radius 1 is 1.53 bits per heavy atom. The highest BCUT2D eigenvalue weighted by Gasteiger charge is 2.29. The van der Waals surface area contributed by atoms with E-state index in [9.17, 15) is 18.0 Å². The Hall–Kier alpha value is -1.66. The largest absolute Gasteiger partial charge is 0.478 e. The van der Waals surface area contributed by atoms with Crippen molar-refractivity contribution in [1.29, 1.82) is 0 Å². The molecule has 0 amide bonds. The molecule has 0 aromatic carbocycles. The number of carboxylic acid groups (broad SMARTS) is 1. The average molecular weight is 220 g/mol. The molecule has 15 heavy (non-hydrogen) atoms. The molecule has 0 atom stereocenters. The van der Waals surface area contributed by atoms with Crippen molar-refractivity contribution in [3.05, 3.63) is 23.3 Å². The monoisotopic (exact) mass is 220 g/mol. The molecule has 0 unspecified atom stereocenters. The normalized spacial score (nSPS) is 11.5. The summed E-state index contributed by atoms with van der Waals surface area (Å²) < 4.78 is 35.8. The molecule has 0 radical (unpaired) electrons. The molecule has 82 valence electrons. The van der Waals surface area contributed by atoms with Gasteiger partial charge in [-0.2, -0.15) is 13.2 Å². The van der Waals surface area contributed by atoms with Gasteiger partial charge in [0.1, 0.15) is 12.2 Å². The second-order valence-corrected chi connectivity index (χ2v) is 2.88. The van der Waals surface area contributed by atoms with Crippen LogP contribution in [0, 0.1) is 6.92 Å². The van der Waals surface area contributed by atoms with Crippen LogP contribution in [0.4, 0.5) is 13.2 Å². The number of carbonyl (C=O) groups is 1. The highest BCUT2D eigenvalue weighted by molar-refractivity contribution is 5.88. The van der Waals surface area contributed by atoms with Crippen molar-refractivity contribution in [3.63, 3.8) is 0 Å². The third kappa shape index (κ3) is 3.19. The average Bonchev–Trinajstić information content (AvgIpc) is 1.99. The van der Waals surface area contributed by atoms with E-state index in [1.54, 1.807) is 0 Å². The van der Waals surface area contributed by atoms with Gasteiger partial charge < -0.3 is 5.11 Å². The number of hydrogen-bond acceptors (Lipinski definition) is 3. The summed E-state index contributed by atoms with van der Waals surface area (Å²) in [4.78, 5) is 17.3. The first-order chi connectivity index (χ1) is 6.79. The number of rotatable bonds is 2. The van der Waals surface area contributed by atoms with Crippen molar-refractivity contribution in [1.82, 2.24) is 9.97 Å². The van der Waals surface area contributed by atoms with Crippen LogP contribution in [0.15, 0.2) is 6.20 Å². The highest BCUT2D eigenvalue weighted by Crippen LogP contribution is 2.19. The molecule has 0 saturated carbocycles. The number of halogens is 3. The molecular formula is C8H7F3N2O2. The van der Waals surface area contributed by atoms with E-state index < -0.39 is 24.4 Å². The smallest absolute Gasteiger partial charge is 0.396 e. The van der Waals surface area contributed by atoms with E-state index in [1.807, 2.05) is 0 Å². The van der Waals surface area contributed by atoms with Crippen molar-refractivity contribution in [2.75, 3.05) is 0 Å². The summed E-state index contributed by atoms with van der Waals surface area (Å²) in [6.07, 6.45) is -4.77. The van der Waals surface area contributed by atoms with Crippen LogP contribution < -0.4 is 0 Å². The fourth-order valence-electron chi connectivity index (χ4n) is 0.990. The molecule has 0 spiro atoms. The van der Waals surface area contributed by atoms with Gasteiger partial charge in [0.25, 0.3) is 0 Å². The maximum Gasteiger partial charge on any atom is 0.396 e. The van der Waals surface area contributed by atoms with Gasteiger partial charge in [0.05, 0.1) is 11.3 Å². The van der Waals surface area contributed by atoms with Crippen LogP contribution in [-0.4, -0.2) is 27.2 Å². The first-order valence-electron chi connectivity index (χ1n) is 3.92. The number of carboxylic acids is 1. The first-order valence-corrected chi connectivity index (χ1v) is 3.92. The molecule has 1 aromatic heterocycles. The Kier molecular flexibility index (Phi) is 2.92. The molecular weight excluding hydrogens is 213 g/mol. The number of hydrogen-bond donors (Lipinski definition) is 1. The molecule has 0 saturated heterocycles. The summed E-state index contributed by atoms with van der Waals surface area (Å²) in [5.41, 5.74) is -0.169. The van der Waals surface area contributed by atoms with Gasteiger partial charge in [-0.25, -0.2) is 14.8 Å². The zero-order valence-electron chi connectivity index (χ0n) is 7.67. The Labute approximate surface area is 82.8 Å². The van der Waals surface area contributed by atoms with Crippen molar-refractivity contribution in [2.45, 2.75) is 19.5 Å². The predicted molar refractivity (Wildman–Crippen MR) is 43.5 cm³/mol. The van der Waals surface area contributed by atoms with Crippen LogP contribution in [0.3, 0.4) is 0 Å². The summed E-state index contributed by atoms with van der Waals surface area (Å²) in [7, 11) is 0. The van der Waals surface area contributed by atoms with Crippen LogP contribution in [0.2, 0.25) is 0 Å². The number of aromatic carboxylic acids is 1. The van der Waals surface area contributed by atoms with E-state index in [0.29, 0.717) is 0 Å². The quantitative estimate of drug-likeness (QED) is 0.821. The van der Waals surface area contributed by atoms with Gasteiger partial charge in [-0.15, -0.1) is 0 Å². The van der Waals surface area contributed by atoms with E-state index in [0.717, 1.165) is 6.20 Å². The minimum Gasteiger partial charge on any atom is -0.478 e. The zero-order chi connectivity index (χ0) is 11.6. The third-order valence-electron chi connectivity index (χ3n) is 1.62. The topological polar surface area (TPSA) is 63.1 Å². The van der Waals surface area contributed by atoms with Gasteiger partial charge in [0.15, 0.2) is 0 Å². The van der Waals surface area contributed by atoms with Crippen molar-refractivity contribution < 1.29 is 23.1 Å². The number of alkyl halides is 3. The Morgan fingerprint density at radius 2 is 2.13 bits per heavy atom. The Balaban J connectivity index is 2.97. The fraction of sp³-hybridized carbons (Fsp3) is 0.375. The van der Waals surface area contributed by atoms with Crippen LogP contribution in [-0.2, 0) is 6.42 Å². The Bertz CT molecular complexity index is 390. The molecule has 1 aromatic rings.